The number of nitriles is 1. The predicted octanol–water partition coefficient (Wildman–Crippen LogP) is 4.64. The highest BCUT2D eigenvalue weighted by Gasteiger charge is 2.10. The summed E-state index contributed by atoms with van der Waals surface area (Å²) in [6, 6.07) is 18.5. The second-order valence-electron chi connectivity index (χ2n) is 6.27. The molecule has 0 aliphatic carbocycles. The van der Waals surface area contributed by atoms with Gasteiger partial charge in [0.2, 0.25) is 5.88 Å². The van der Waals surface area contributed by atoms with Crippen molar-refractivity contribution >= 4 is 23.4 Å². The van der Waals surface area contributed by atoms with E-state index in [9.17, 15) is 20.2 Å². The van der Waals surface area contributed by atoms with Gasteiger partial charge >= 0.3 is 0 Å². The van der Waals surface area contributed by atoms with E-state index in [1.807, 2.05) is 25.1 Å². The maximum atomic E-state index is 12.3. The van der Waals surface area contributed by atoms with E-state index in [4.69, 9.17) is 4.74 Å². The first kappa shape index (κ1) is 20.2. The minimum absolute atomic E-state index is 0.0405. The Morgan fingerprint density at radius 2 is 1.83 bits per heavy atom. The normalized spacial score (nSPS) is 10.7. The van der Waals surface area contributed by atoms with Crippen molar-refractivity contribution in [2.75, 3.05) is 5.32 Å². The van der Waals surface area contributed by atoms with Gasteiger partial charge in [-0.3, -0.25) is 14.9 Å². The highest BCUT2D eigenvalue weighted by molar-refractivity contribution is 6.09. The van der Waals surface area contributed by atoms with Crippen LogP contribution in [-0.4, -0.2) is 15.8 Å². The van der Waals surface area contributed by atoms with Crippen LogP contribution in [0.15, 0.2) is 72.4 Å². The van der Waals surface area contributed by atoms with Crippen molar-refractivity contribution in [3.8, 4) is 17.7 Å². The highest BCUT2D eigenvalue weighted by Crippen LogP contribution is 2.22. The molecular formula is C22H16N4O4. The molecule has 0 fully saturated rings. The van der Waals surface area contributed by atoms with Gasteiger partial charge in [-0.2, -0.15) is 5.26 Å². The Hall–Kier alpha value is -4.51. The number of amides is 1. The van der Waals surface area contributed by atoms with Gasteiger partial charge in [0.05, 0.1) is 4.92 Å². The van der Waals surface area contributed by atoms with Crippen molar-refractivity contribution in [1.29, 1.82) is 5.26 Å². The molecule has 0 spiro atoms. The number of ether oxygens (including phenoxy) is 1. The van der Waals surface area contributed by atoms with Gasteiger partial charge in [0, 0.05) is 17.8 Å². The Bertz CT molecular complexity index is 1130. The number of carbonyl (C=O) groups excluding carboxylic acids is 1. The third-order valence-electron chi connectivity index (χ3n) is 4.02. The van der Waals surface area contributed by atoms with E-state index in [0.717, 1.165) is 11.8 Å². The zero-order chi connectivity index (χ0) is 21.5. The third kappa shape index (κ3) is 5.27. The quantitative estimate of drug-likeness (QED) is 0.279. The van der Waals surface area contributed by atoms with Crippen LogP contribution in [-0.2, 0) is 4.79 Å². The van der Waals surface area contributed by atoms with Crippen molar-refractivity contribution < 1.29 is 14.5 Å². The summed E-state index contributed by atoms with van der Waals surface area (Å²) >= 11 is 0. The lowest BCUT2D eigenvalue weighted by atomic mass is 10.1. The second-order valence-corrected chi connectivity index (χ2v) is 6.27. The Morgan fingerprint density at radius 3 is 2.40 bits per heavy atom. The number of aryl methyl sites for hydroxylation is 1. The number of nitro groups is 1. The summed E-state index contributed by atoms with van der Waals surface area (Å²) in [6.07, 6.45) is 2.58. The maximum Gasteiger partial charge on any atom is 0.287 e. The SMILES string of the molecule is Cc1ccc(NC(=O)/C(C#N)=C/c2ccc(Oc3ccc([N+](=O)[O-])cn3)cc2)cc1. The number of carbonyl (C=O) groups is 1. The van der Waals surface area contributed by atoms with E-state index < -0.39 is 10.8 Å². The van der Waals surface area contributed by atoms with Gasteiger partial charge < -0.3 is 10.1 Å². The molecule has 0 bridgehead atoms. The smallest absolute Gasteiger partial charge is 0.287 e. The summed E-state index contributed by atoms with van der Waals surface area (Å²) in [5, 5.41) is 22.7. The van der Waals surface area contributed by atoms with Crippen molar-refractivity contribution in [2.24, 2.45) is 0 Å². The number of benzene rings is 2. The van der Waals surface area contributed by atoms with Crippen LogP contribution in [0, 0.1) is 28.4 Å². The Morgan fingerprint density at radius 1 is 1.13 bits per heavy atom. The average molecular weight is 400 g/mol. The summed E-state index contributed by atoms with van der Waals surface area (Å²) in [7, 11) is 0. The first-order valence-corrected chi connectivity index (χ1v) is 8.83. The van der Waals surface area contributed by atoms with Crippen molar-refractivity contribution in [1.82, 2.24) is 4.98 Å². The van der Waals surface area contributed by atoms with Gasteiger partial charge in [-0.25, -0.2) is 4.98 Å². The third-order valence-corrected chi connectivity index (χ3v) is 4.02. The van der Waals surface area contributed by atoms with Crippen molar-refractivity contribution in [3.05, 3.63) is 93.7 Å². The number of rotatable bonds is 6. The molecule has 1 aromatic heterocycles. The van der Waals surface area contributed by atoms with Gasteiger partial charge in [-0.1, -0.05) is 29.8 Å². The lowest BCUT2D eigenvalue weighted by molar-refractivity contribution is -0.385. The van der Waals surface area contributed by atoms with E-state index >= 15 is 0 Å². The highest BCUT2D eigenvalue weighted by atomic mass is 16.6. The topological polar surface area (TPSA) is 118 Å². The molecule has 1 N–H and O–H groups in total. The van der Waals surface area contributed by atoms with Crippen LogP contribution >= 0.6 is 0 Å². The Balaban J connectivity index is 1.68. The summed E-state index contributed by atoms with van der Waals surface area (Å²) in [5.74, 6) is 0.159. The van der Waals surface area contributed by atoms with E-state index in [2.05, 4.69) is 10.3 Å². The number of anilines is 1. The van der Waals surface area contributed by atoms with E-state index in [1.54, 1.807) is 36.4 Å². The fourth-order valence-corrected chi connectivity index (χ4v) is 2.44. The minimum Gasteiger partial charge on any atom is -0.439 e. The standard InChI is InChI=1S/C22H16N4O4/c1-15-2-6-18(7-3-15)25-22(27)17(13-23)12-16-4-9-20(10-5-16)30-21-11-8-19(14-24-21)26(28)29/h2-12,14H,1H3,(H,25,27)/b17-12+. The van der Waals surface area contributed by atoms with Crippen LogP contribution < -0.4 is 10.1 Å². The fourth-order valence-electron chi connectivity index (χ4n) is 2.44. The molecule has 3 aromatic rings. The monoisotopic (exact) mass is 400 g/mol. The maximum absolute atomic E-state index is 12.3. The van der Waals surface area contributed by atoms with Crippen LogP contribution in [0.25, 0.3) is 6.08 Å². The molecule has 0 atom stereocenters. The Kier molecular flexibility index (Phi) is 6.15. The summed E-state index contributed by atoms with van der Waals surface area (Å²) in [5.41, 5.74) is 2.13. The molecule has 30 heavy (non-hydrogen) atoms. The van der Waals surface area contributed by atoms with Crippen LogP contribution in [0.1, 0.15) is 11.1 Å². The second kappa shape index (κ2) is 9.12. The van der Waals surface area contributed by atoms with E-state index in [0.29, 0.717) is 17.0 Å². The van der Waals surface area contributed by atoms with Crippen molar-refractivity contribution in [3.63, 3.8) is 0 Å². The zero-order valence-corrected chi connectivity index (χ0v) is 15.9. The van der Waals surface area contributed by atoms with Gasteiger partial charge in [0.25, 0.3) is 11.6 Å². The molecule has 0 saturated carbocycles. The number of aromatic nitrogens is 1. The first-order chi connectivity index (χ1) is 14.4. The molecule has 2 aromatic carbocycles. The number of nitrogens with one attached hydrogen (secondary N) is 1. The van der Waals surface area contributed by atoms with Crippen LogP contribution in [0.2, 0.25) is 0 Å². The van der Waals surface area contributed by atoms with Crippen LogP contribution in [0.3, 0.4) is 0 Å². The lowest BCUT2D eigenvalue weighted by Gasteiger charge is -2.06. The van der Waals surface area contributed by atoms with E-state index in [-0.39, 0.29) is 17.1 Å². The van der Waals surface area contributed by atoms with Gasteiger partial charge in [0.15, 0.2) is 0 Å². The largest absolute Gasteiger partial charge is 0.439 e. The zero-order valence-electron chi connectivity index (χ0n) is 15.9. The average Bonchev–Trinajstić information content (AvgIpc) is 2.75. The van der Waals surface area contributed by atoms with Gasteiger partial charge in [-0.05, 0) is 42.8 Å². The summed E-state index contributed by atoms with van der Waals surface area (Å²) < 4.78 is 5.54. The molecule has 148 valence electrons. The summed E-state index contributed by atoms with van der Waals surface area (Å²) in [6.45, 7) is 1.94. The molecule has 8 heteroatoms. The molecule has 0 aliphatic heterocycles. The molecule has 3 rings (SSSR count). The molecule has 8 nitrogen and oxygen atoms in total. The van der Waals surface area contributed by atoms with Crippen molar-refractivity contribution in [2.45, 2.75) is 6.92 Å². The van der Waals surface area contributed by atoms with Crippen LogP contribution in [0.4, 0.5) is 11.4 Å². The predicted molar refractivity (Wildman–Crippen MR) is 111 cm³/mol. The molecule has 0 saturated heterocycles. The first-order valence-electron chi connectivity index (χ1n) is 8.83. The summed E-state index contributed by atoms with van der Waals surface area (Å²) in [4.78, 5) is 26.3. The number of pyridine rings is 1. The van der Waals surface area contributed by atoms with Crippen LogP contribution in [0.5, 0.6) is 11.6 Å². The molecule has 1 amide bonds. The molecular weight excluding hydrogens is 384 g/mol. The lowest BCUT2D eigenvalue weighted by Crippen LogP contribution is -2.13. The van der Waals surface area contributed by atoms with Gasteiger partial charge in [-0.15, -0.1) is 0 Å². The number of hydrogen-bond acceptors (Lipinski definition) is 6. The molecule has 1 heterocycles. The van der Waals surface area contributed by atoms with Gasteiger partial charge in [0.1, 0.15) is 23.6 Å². The number of hydrogen-bond donors (Lipinski definition) is 1. The minimum atomic E-state index is -0.542. The number of nitrogens with zero attached hydrogens (tertiary/aromatic N) is 3. The Labute approximate surface area is 172 Å². The van der Waals surface area contributed by atoms with E-state index in [1.165, 1.54) is 18.2 Å². The molecule has 0 aliphatic rings. The molecule has 0 unspecified atom stereocenters. The fraction of sp³-hybridized carbons (Fsp3) is 0.0455. The molecule has 0 radical (unpaired) electrons.